The predicted molar refractivity (Wildman–Crippen MR) is 102 cm³/mol. The quantitative estimate of drug-likeness (QED) is 0.593. The molecule has 0 aromatic heterocycles. The topological polar surface area (TPSA) is 52.6 Å². The molecule has 0 aliphatic heterocycles. The first-order valence-electron chi connectivity index (χ1n) is 9.40. The molecule has 0 radical (unpaired) electrons. The highest BCUT2D eigenvalue weighted by atomic mass is 16.5. The van der Waals surface area contributed by atoms with E-state index in [2.05, 4.69) is 32.9 Å². The van der Waals surface area contributed by atoms with Crippen molar-refractivity contribution in [2.24, 2.45) is 0 Å². The summed E-state index contributed by atoms with van der Waals surface area (Å²) in [6.07, 6.45) is 6.34. The van der Waals surface area contributed by atoms with E-state index in [0.717, 1.165) is 12.8 Å². The SMILES string of the molecule is CC(=O)OC1C=CCC(OC(C)=O)Cc2c(C(C)C)ccc(C)c2CC1. The molecule has 4 heteroatoms. The molecular formula is C22H30O4. The van der Waals surface area contributed by atoms with Gasteiger partial charge in [-0.3, -0.25) is 9.59 Å². The van der Waals surface area contributed by atoms with Crippen LogP contribution in [0.5, 0.6) is 0 Å². The molecule has 0 N–H and O–H groups in total. The Labute approximate surface area is 156 Å². The molecular weight excluding hydrogens is 328 g/mol. The Bertz CT molecular complexity index is 688. The van der Waals surface area contributed by atoms with Crippen LogP contribution in [0.25, 0.3) is 0 Å². The van der Waals surface area contributed by atoms with Gasteiger partial charge in [-0.25, -0.2) is 0 Å². The van der Waals surface area contributed by atoms with Gasteiger partial charge < -0.3 is 9.47 Å². The third kappa shape index (κ3) is 5.45. The van der Waals surface area contributed by atoms with Crippen molar-refractivity contribution in [3.05, 3.63) is 46.5 Å². The smallest absolute Gasteiger partial charge is 0.303 e. The predicted octanol–water partition coefficient (Wildman–Crippen LogP) is 4.42. The molecule has 2 rings (SSSR count). The molecule has 142 valence electrons. The van der Waals surface area contributed by atoms with Crippen LogP contribution in [0.3, 0.4) is 0 Å². The first-order chi connectivity index (χ1) is 12.3. The van der Waals surface area contributed by atoms with Crippen LogP contribution in [0.2, 0.25) is 0 Å². The number of hydrogen-bond donors (Lipinski definition) is 0. The fourth-order valence-electron chi connectivity index (χ4n) is 3.67. The number of fused-ring (bicyclic) bond motifs is 1. The number of rotatable bonds is 3. The van der Waals surface area contributed by atoms with E-state index >= 15 is 0 Å². The standard InChI is InChI=1S/C22H30O4/c1-14(2)20-11-9-15(3)21-12-10-18(25-16(4)23)7-6-8-19(13-22(20)21)26-17(5)24/h6-7,9,11,14,18-19H,8,10,12-13H2,1-5H3. The summed E-state index contributed by atoms with van der Waals surface area (Å²) < 4.78 is 11.0. The lowest BCUT2D eigenvalue weighted by molar-refractivity contribution is -0.146. The van der Waals surface area contributed by atoms with Crippen LogP contribution in [0.15, 0.2) is 24.3 Å². The summed E-state index contributed by atoms with van der Waals surface area (Å²) in [5, 5.41) is 0. The lowest BCUT2D eigenvalue weighted by Crippen LogP contribution is -2.23. The Morgan fingerprint density at radius 1 is 1.08 bits per heavy atom. The number of benzene rings is 1. The Kier molecular flexibility index (Phi) is 7.01. The molecule has 0 fully saturated rings. The summed E-state index contributed by atoms with van der Waals surface area (Å²) in [7, 11) is 0. The van der Waals surface area contributed by atoms with Crippen molar-refractivity contribution in [1.82, 2.24) is 0 Å². The highest BCUT2D eigenvalue weighted by Crippen LogP contribution is 2.30. The van der Waals surface area contributed by atoms with E-state index < -0.39 is 0 Å². The summed E-state index contributed by atoms with van der Waals surface area (Å²) >= 11 is 0. The molecule has 2 unspecified atom stereocenters. The number of carbonyl (C=O) groups excluding carboxylic acids is 2. The zero-order valence-corrected chi connectivity index (χ0v) is 16.5. The van der Waals surface area contributed by atoms with Gasteiger partial charge in [-0.05, 0) is 54.0 Å². The van der Waals surface area contributed by atoms with Crippen molar-refractivity contribution in [1.29, 1.82) is 0 Å². The minimum atomic E-state index is -0.277. The summed E-state index contributed by atoms with van der Waals surface area (Å²) in [6.45, 7) is 9.37. The van der Waals surface area contributed by atoms with Gasteiger partial charge in [0.1, 0.15) is 12.2 Å². The molecule has 0 bridgehead atoms. The third-order valence-corrected chi connectivity index (χ3v) is 4.83. The second-order valence-corrected chi connectivity index (χ2v) is 7.37. The maximum Gasteiger partial charge on any atom is 0.303 e. The highest BCUT2D eigenvalue weighted by Gasteiger charge is 2.22. The number of hydrogen-bond acceptors (Lipinski definition) is 4. The molecule has 1 aliphatic rings. The summed E-state index contributed by atoms with van der Waals surface area (Å²) in [4.78, 5) is 23.0. The molecule has 0 saturated carbocycles. The van der Waals surface area contributed by atoms with Crippen LogP contribution >= 0.6 is 0 Å². The van der Waals surface area contributed by atoms with Crippen LogP contribution in [-0.2, 0) is 31.9 Å². The van der Waals surface area contributed by atoms with Crippen molar-refractivity contribution in [3.63, 3.8) is 0 Å². The lowest BCUT2D eigenvalue weighted by Gasteiger charge is -2.25. The van der Waals surface area contributed by atoms with Gasteiger partial charge in [0.05, 0.1) is 0 Å². The molecule has 0 heterocycles. The molecule has 0 spiro atoms. The molecule has 26 heavy (non-hydrogen) atoms. The van der Waals surface area contributed by atoms with Crippen LogP contribution in [0.1, 0.15) is 68.7 Å². The van der Waals surface area contributed by atoms with E-state index in [1.165, 1.54) is 36.1 Å². The molecule has 1 aliphatic carbocycles. The second kappa shape index (κ2) is 9.02. The molecule has 1 aromatic carbocycles. The van der Waals surface area contributed by atoms with Gasteiger partial charge in [-0.2, -0.15) is 0 Å². The lowest BCUT2D eigenvalue weighted by atomic mass is 9.84. The number of ether oxygens (including phenoxy) is 2. The van der Waals surface area contributed by atoms with Gasteiger partial charge in [0, 0.05) is 26.7 Å². The van der Waals surface area contributed by atoms with Gasteiger partial charge in [0.2, 0.25) is 0 Å². The van der Waals surface area contributed by atoms with Gasteiger partial charge in [0.25, 0.3) is 0 Å². The van der Waals surface area contributed by atoms with Crippen molar-refractivity contribution < 1.29 is 19.1 Å². The minimum Gasteiger partial charge on any atom is -0.462 e. The number of carbonyl (C=O) groups is 2. The van der Waals surface area contributed by atoms with E-state index in [-0.39, 0.29) is 24.1 Å². The Hall–Kier alpha value is -2.10. The zero-order chi connectivity index (χ0) is 19.3. The fraction of sp³-hybridized carbons (Fsp3) is 0.545. The number of esters is 2. The van der Waals surface area contributed by atoms with Crippen molar-refractivity contribution in [2.75, 3.05) is 0 Å². The minimum absolute atomic E-state index is 0.210. The molecule has 4 nitrogen and oxygen atoms in total. The molecule has 0 amide bonds. The maximum atomic E-state index is 11.6. The maximum absolute atomic E-state index is 11.6. The van der Waals surface area contributed by atoms with Crippen LogP contribution in [0.4, 0.5) is 0 Å². The van der Waals surface area contributed by atoms with Crippen LogP contribution < -0.4 is 0 Å². The van der Waals surface area contributed by atoms with Gasteiger partial charge in [-0.15, -0.1) is 0 Å². The van der Waals surface area contributed by atoms with Gasteiger partial charge in [0.15, 0.2) is 0 Å². The summed E-state index contributed by atoms with van der Waals surface area (Å²) in [5.74, 6) is -0.150. The monoisotopic (exact) mass is 358 g/mol. The largest absolute Gasteiger partial charge is 0.462 e. The number of aryl methyl sites for hydroxylation is 1. The van der Waals surface area contributed by atoms with Gasteiger partial charge in [-0.1, -0.05) is 32.1 Å². The second-order valence-electron chi connectivity index (χ2n) is 7.37. The van der Waals surface area contributed by atoms with Crippen molar-refractivity contribution in [2.45, 2.75) is 78.4 Å². The van der Waals surface area contributed by atoms with Crippen molar-refractivity contribution >= 4 is 11.9 Å². The third-order valence-electron chi connectivity index (χ3n) is 4.83. The van der Waals surface area contributed by atoms with Gasteiger partial charge >= 0.3 is 11.9 Å². The summed E-state index contributed by atoms with van der Waals surface area (Å²) in [6, 6.07) is 4.35. The average Bonchev–Trinajstić information content (AvgIpc) is 2.52. The van der Waals surface area contributed by atoms with E-state index in [1.54, 1.807) is 0 Å². The average molecular weight is 358 g/mol. The Morgan fingerprint density at radius 2 is 1.77 bits per heavy atom. The summed E-state index contributed by atoms with van der Waals surface area (Å²) in [5.41, 5.74) is 5.11. The Morgan fingerprint density at radius 3 is 2.38 bits per heavy atom. The molecule has 1 aromatic rings. The fourth-order valence-corrected chi connectivity index (χ4v) is 3.67. The Balaban J connectivity index is 2.45. The first-order valence-corrected chi connectivity index (χ1v) is 9.40. The van der Waals surface area contributed by atoms with Crippen LogP contribution in [0, 0.1) is 6.92 Å². The highest BCUT2D eigenvalue weighted by molar-refractivity contribution is 5.66. The molecule has 0 saturated heterocycles. The van der Waals surface area contributed by atoms with E-state index in [9.17, 15) is 9.59 Å². The van der Waals surface area contributed by atoms with Crippen LogP contribution in [-0.4, -0.2) is 24.1 Å². The van der Waals surface area contributed by atoms with E-state index in [1.807, 2.05) is 12.2 Å². The van der Waals surface area contributed by atoms with Crippen molar-refractivity contribution in [3.8, 4) is 0 Å². The van der Waals surface area contributed by atoms with E-state index in [4.69, 9.17) is 9.47 Å². The van der Waals surface area contributed by atoms with E-state index in [0.29, 0.717) is 18.8 Å². The first kappa shape index (κ1) is 20.2. The normalized spacial score (nSPS) is 20.4. The molecule has 2 atom stereocenters. The zero-order valence-electron chi connectivity index (χ0n) is 16.5.